The molecule has 3 aromatic rings. The number of benzene rings is 2. The molecule has 118 valence electrons. The number of nitrogens with zero attached hydrogens (tertiary/aromatic N) is 3. The van der Waals surface area contributed by atoms with Gasteiger partial charge in [0, 0.05) is 10.2 Å². The third-order valence-electron chi connectivity index (χ3n) is 3.52. The summed E-state index contributed by atoms with van der Waals surface area (Å²) < 4.78 is 16.7. The number of hydrogen-bond donors (Lipinski definition) is 0. The van der Waals surface area contributed by atoms with Crippen molar-refractivity contribution in [1.82, 2.24) is 14.8 Å². The Hall–Kier alpha value is -1.66. The molecule has 0 aliphatic rings. The number of aryl methyl sites for hydroxylation is 2. The smallest absolute Gasteiger partial charge is 0.196 e. The Morgan fingerprint density at radius 3 is 2.65 bits per heavy atom. The van der Waals surface area contributed by atoms with Gasteiger partial charge in [-0.3, -0.25) is 4.57 Å². The molecular weight excluding hydrogens is 377 g/mol. The second kappa shape index (κ2) is 6.84. The zero-order chi connectivity index (χ0) is 16.4. The van der Waals surface area contributed by atoms with Crippen molar-refractivity contribution in [2.24, 2.45) is 0 Å². The number of aromatic nitrogens is 3. The summed E-state index contributed by atoms with van der Waals surface area (Å²) in [5.41, 5.74) is 2.84. The summed E-state index contributed by atoms with van der Waals surface area (Å²) in [4.78, 5) is 0. The molecule has 1 aromatic heterocycles. The highest BCUT2D eigenvalue weighted by molar-refractivity contribution is 9.10. The van der Waals surface area contributed by atoms with E-state index in [0.717, 1.165) is 26.7 Å². The Bertz CT molecular complexity index is 848. The van der Waals surface area contributed by atoms with Gasteiger partial charge in [-0.2, -0.15) is 0 Å². The maximum absolute atomic E-state index is 14.0. The van der Waals surface area contributed by atoms with E-state index in [4.69, 9.17) is 0 Å². The van der Waals surface area contributed by atoms with E-state index in [2.05, 4.69) is 39.1 Å². The van der Waals surface area contributed by atoms with Gasteiger partial charge in [-0.25, -0.2) is 4.39 Å². The zero-order valence-electron chi connectivity index (χ0n) is 12.8. The van der Waals surface area contributed by atoms with Crippen LogP contribution in [0.25, 0.3) is 5.69 Å². The molecule has 0 saturated carbocycles. The van der Waals surface area contributed by atoms with Crippen LogP contribution in [0.5, 0.6) is 0 Å². The SMILES string of the molecule is Cc1ccccc1-n1c(C)nnc1SCc1ccc(Br)cc1F. The van der Waals surface area contributed by atoms with Crippen LogP contribution in [0.1, 0.15) is 17.0 Å². The van der Waals surface area contributed by atoms with Crippen LogP contribution >= 0.6 is 27.7 Å². The Labute approximate surface area is 147 Å². The quantitative estimate of drug-likeness (QED) is 0.581. The number of para-hydroxylation sites is 1. The fourth-order valence-corrected chi connectivity index (χ4v) is 3.62. The van der Waals surface area contributed by atoms with E-state index < -0.39 is 0 Å². The van der Waals surface area contributed by atoms with Crippen molar-refractivity contribution in [3.8, 4) is 5.69 Å². The number of halogens is 2. The predicted molar refractivity (Wildman–Crippen MR) is 94.5 cm³/mol. The summed E-state index contributed by atoms with van der Waals surface area (Å²) in [6.45, 7) is 3.97. The first kappa shape index (κ1) is 16.2. The predicted octanol–water partition coefficient (Wildman–Crippen LogP) is 5.08. The van der Waals surface area contributed by atoms with Gasteiger partial charge in [0.25, 0.3) is 0 Å². The highest BCUT2D eigenvalue weighted by Gasteiger charge is 2.14. The molecule has 3 nitrogen and oxygen atoms in total. The monoisotopic (exact) mass is 391 g/mol. The molecule has 6 heteroatoms. The number of rotatable bonds is 4. The van der Waals surface area contributed by atoms with E-state index in [1.165, 1.54) is 17.8 Å². The summed E-state index contributed by atoms with van der Waals surface area (Å²) in [6, 6.07) is 13.2. The standard InChI is InChI=1S/C17H15BrFN3S/c1-11-5-3-4-6-16(11)22-12(2)20-21-17(22)23-10-13-7-8-14(18)9-15(13)19/h3-9H,10H2,1-2H3. The normalized spacial score (nSPS) is 11.0. The van der Waals surface area contributed by atoms with Gasteiger partial charge in [0.15, 0.2) is 5.16 Å². The third-order valence-corrected chi connectivity index (χ3v) is 4.99. The van der Waals surface area contributed by atoms with E-state index in [-0.39, 0.29) is 5.82 Å². The van der Waals surface area contributed by atoms with Crippen molar-refractivity contribution >= 4 is 27.7 Å². The van der Waals surface area contributed by atoms with Gasteiger partial charge >= 0.3 is 0 Å². The molecule has 0 amide bonds. The lowest BCUT2D eigenvalue weighted by atomic mass is 10.2. The molecule has 23 heavy (non-hydrogen) atoms. The molecule has 0 fully saturated rings. The number of thioether (sulfide) groups is 1. The Morgan fingerprint density at radius 1 is 1.13 bits per heavy atom. The van der Waals surface area contributed by atoms with Gasteiger partial charge in [0.1, 0.15) is 11.6 Å². The average Bonchev–Trinajstić information content (AvgIpc) is 2.88. The van der Waals surface area contributed by atoms with E-state index in [1.807, 2.05) is 35.8 Å². The molecule has 0 aliphatic heterocycles. The average molecular weight is 392 g/mol. The van der Waals surface area contributed by atoms with Crippen LogP contribution in [0.15, 0.2) is 52.1 Å². The van der Waals surface area contributed by atoms with Crippen LogP contribution in [0.4, 0.5) is 4.39 Å². The van der Waals surface area contributed by atoms with Gasteiger partial charge in [-0.05, 0) is 43.2 Å². The fourth-order valence-electron chi connectivity index (χ4n) is 2.31. The molecule has 1 heterocycles. The Kier molecular flexibility index (Phi) is 4.82. The molecule has 0 aliphatic carbocycles. The molecule has 0 unspecified atom stereocenters. The minimum Gasteiger partial charge on any atom is -0.274 e. The minimum absolute atomic E-state index is 0.217. The molecule has 0 spiro atoms. The molecule has 0 N–H and O–H groups in total. The van der Waals surface area contributed by atoms with Crippen molar-refractivity contribution < 1.29 is 4.39 Å². The van der Waals surface area contributed by atoms with Crippen LogP contribution in [-0.4, -0.2) is 14.8 Å². The lowest BCUT2D eigenvalue weighted by Crippen LogP contribution is -2.01. The first-order chi connectivity index (χ1) is 11.1. The minimum atomic E-state index is -0.217. The maximum atomic E-state index is 14.0. The molecule has 0 atom stereocenters. The van der Waals surface area contributed by atoms with Crippen molar-refractivity contribution in [2.45, 2.75) is 24.8 Å². The molecule has 3 rings (SSSR count). The highest BCUT2D eigenvalue weighted by atomic mass is 79.9. The first-order valence-corrected chi connectivity index (χ1v) is 8.89. The molecule has 2 aromatic carbocycles. The molecule has 0 saturated heterocycles. The van der Waals surface area contributed by atoms with Gasteiger partial charge in [-0.1, -0.05) is 52.0 Å². The summed E-state index contributed by atoms with van der Waals surface area (Å²) >= 11 is 4.75. The highest BCUT2D eigenvalue weighted by Crippen LogP contribution is 2.28. The van der Waals surface area contributed by atoms with Crippen LogP contribution in [0.3, 0.4) is 0 Å². The second-order valence-corrected chi connectivity index (χ2v) is 7.03. The van der Waals surface area contributed by atoms with Crippen molar-refractivity contribution in [3.05, 3.63) is 69.7 Å². The lowest BCUT2D eigenvalue weighted by molar-refractivity contribution is 0.616. The second-order valence-electron chi connectivity index (χ2n) is 5.18. The van der Waals surface area contributed by atoms with Crippen molar-refractivity contribution in [2.75, 3.05) is 0 Å². The summed E-state index contributed by atoms with van der Waals surface area (Å²) in [5, 5.41) is 9.18. The van der Waals surface area contributed by atoms with Crippen LogP contribution in [-0.2, 0) is 5.75 Å². The Balaban J connectivity index is 1.89. The van der Waals surface area contributed by atoms with Gasteiger partial charge < -0.3 is 0 Å². The number of hydrogen-bond acceptors (Lipinski definition) is 3. The van der Waals surface area contributed by atoms with E-state index >= 15 is 0 Å². The first-order valence-electron chi connectivity index (χ1n) is 7.11. The van der Waals surface area contributed by atoms with E-state index in [9.17, 15) is 4.39 Å². The topological polar surface area (TPSA) is 30.7 Å². The Morgan fingerprint density at radius 2 is 1.91 bits per heavy atom. The molecule has 0 bridgehead atoms. The zero-order valence-corrected chi connectivity index (χ0v) is 15.2. The van der Waals surface area contributed by atoms with E-state index in [1.54, 1.807) is 6.07 Å². The fraction of sp³-hybridized carbons (Fsp3) is 0.176. The van der Waals surface area contributed by atoms with Crippen LogP contribution in [0, 0.1) is 19.7 Å². The largest absolute Gasteiger partial charge is 0.274 e. The summed E-state index contributed by atoms with van der Waals surface area (Å²) in [5.74, 6) is 1.10. The van der Waals surface area contributed by atoms with Crippen LogP contribution in [0.2, 0.25) is 0 Å². The maximum Gasteiger partial charge on any atom is 0.196 e. The summed E-state index contributed by atoms with van der Waals surface area (Å²) in [7, 11) is 0. The third kappa shape index (κ3) is 3.48. The van der Waals surface area contributed by atoms with E-state index in [0.29, 0.717) is 11.3 Å². The van der Waals surface area contributed by atoms with Crippen LogP contribution < -0.4 is 0 Å². The van der Waals surface area contributed by atoms with Gasteiger partial charge in [0.2, 0.25) is 0 Å². The summed E-state index contributed by atoms with van der Waals surface area (Å²) in [6.07, 6.45) is 0. The molecule has 0 radical (unpaired) electrons. The lowest BCUT2D eigenvalue weighted by Gasteiger charge is -2.11. The van der Waals surface area contributed by atoms with Gasteiger partial charge in [-0.15, -0.1) is 10.2 Å². The van der Waals surface area contributed by atoms with Gasteiger partial charge in [0.05, 0.1) is 5.69 Å². The van der Waals surface area contributed by atoms with Crippen molar-refractivity contribution in [3.63, 3.8) is 0 Å². The molecular formula is C17H15BrFN3S. The van der Waals surface area contributed by atoms with Crippen molar-refractivity contribution in [1.29, 1.82) is 0 Å².